The van der Waals surface area contributed by atoms with E-state index in [1.54, 1.807) is 12.3 Å². The van der Waals surface area contributed by atoms with Crippen LogP contribution in [0.15, 0.2) is 30.6 Å². The fourth-order valence-electron chi connectivity index (χ4n) is 4.36. The monoisotopic (exact) mass is 457 g/mol. The van der Waals surface area contributed by atoms with Crippen LogP contribution < -0.4 is 9.21 Å². The van der Waals surface area contributed by atoms with Gasteiger partial charge in [0.05, 0.1) is 19.3 Å². The van der Waals surface area contributed by atoms with Crippen LogP contribution in [0.4, 0.5) is 11.6 Å². The maximum Gasteiger partial charge on any atom is 0.305 e. The summed E-state index contributed by atoms with van der Waals surface area (Å²) in [5, 5.41) is 0.891. The molecule has 1 N–H and O–H groups in total. The SMILES string of the molecule is CCN1CCCN(c2cc(N3CCOC[C@H]3C)nc(-c3ccnc4[nH]ccc34)n2)S1(=O)=O. The number of aromatic nitrogens is 4. The Morgan fingerprint density at radius 2 is 2.03 bits per heavy atom. The zero-order valence-electron chi connectivity index (χ0n) is 18.2. The third-order valence-electron chi connectivity index (χ3n) is 6.04. The van der Waals surface area contributed by atoms with E-state index in [1.807, 2.05) is 25.3 Å². The zero-order chi connectivity index (χ0) is 22.3. The maximum atomic E-state index is 13.3. The van der Waals surface area contributed by atoms with E-state index in [0.29, 0.717) is 56.9 Å². The molecule has 0 aliphatic carbocycles. The van der Waals surface area contributed by atoms with E-state index in [4.69, 9.17) is 14.7 Å². The predicted molar refractivity (Wildman–Crippen MR) is 123 cm³/mol. The van der Waals surface area contributed by atoms with Crippen LogP contribution in [0, 0.1) is 0 Å². The van der Waals surface area contributed by atoms with E-state index >= 15 is 0 Å². The Morgan fingerprint density at radius 3 is 2.84 bits per heavy atom. The lowest BCUT2D eigenvalue weighted by molar-refractivity contribution is 0.0985. The summed E-state index contributed by atoms with van der Waals surface area (Å²) in [7, 11) is -3.64. The Labute approximate surface area is 187 Å². The minimum absolute atomic E-state index is 0.120. The second kappa shape index (κ2) is 8.30. The summed E-state index contributed by atoms with van der Waals surface area (Å²) in [5.41, 5.74) is 1.54. The molecule has 0 unspecified atom stereocenters. The van der Waals surface area contributed by atoms with E-state index in [9.17, 15) is 8.42 Å². The molecule has 0 radical (unpaired) electrons. The number of morpholine rings is 1. The summed E-state index contributed by atoms with van der Waals surface area (Å²) >= 11 is 0. The Balaban J connectivity index is 1.67. The molecule has 0 spiro atoms. The Bertz CT molecular complexity index is 1230. The number of nitrogens with zero attached hydrogens (tertiary/aromatic N) is 6. The van der Waals surface area contributed by atoms with Crippen LogP contribution in [-0.2, 0) is 14.9 Å². The maximum absolute atomic E-state index is 13.3. The lowest BCUT2D eigenvalue weighted by Crippen LogP contribution is -2.50. The van der Waals surface area contributed by atoms with Gasteiger partial charge >= 0.3 is 10.2 Å². The third-order valence-corrected chi connectivity index (χ3v) is 8.06. The van der Waals surface area contributed by atoms with Gasteiger partial charge in [-0.2, -0.15) is 12.7 Å². The molecule has 0 bridgehead atoms. The summed E-state index contributed by atoms with van der Waals surface area (Å²) in [4.78, 5) is 19.2. The van der Waals surface area contributed by atoms with Gasteiger partial charge in [-0.15, -0.1) is 0 Å². The molecule has 5 heterocycles. The minimum atomic E-state index is -3.64. The standard InChI is InChI=1S/C21H27N7O3S/c1-3-26-9-4-10-28(32(26,29)30)19-13-18(27-11-12-31-14-15(27)2)24-21(25-19)17-6-8-23-20-16(17)5-7-22-20/h5-8,13,15H,3-4,9-12,14H2,1-2H3,(H,22,23)/t15-/m1/s1. The van der Waals surface area contributed by atoms with E-state index in [-0.39, 0.29) is 6.04 Å². The molecule has 32 heavy (non-hydrogen) atoms. The average molecular weight is 458 g/mol. The second-order valence-corrected chi connectivity index (χ2v) is 9.90. The van der Waals surface area contributed by atoms with Crippen LogP contribution in [0.3, 0.4) is 0 Å². The molecule has 2 aliphatic rings. The summed E-state index contributed by atoms with van der Waals surface area (Å²) < 4.78 is 35.0. The van der Waals surface area contributed by atoms with E-state index in [1.165, 1.54) is 8.61 Å². The van der Waals surface area contributed by atoms with Crippen LogP contribution in [0.25, 0.3) is 22.4 Å². The largest absolute Gasteiger partial charge is 0.377 e. The van der Waals surface area contributed by atoms with Crippen molar-refractivity contribution < 1.29 is 13.2 Å². The molecule has 2 fully saturated rings. The number of hydrogen-bond acceptors (Lipinski definition) is 7. The van der Waals surface area contributed by atoms with Crippen molar-refractivity contribution in [1.82, 2.24) is 24.2 Å². The molecule has 2 saturated heterocycles. The molecular formula is C21H27N7O3S. The van der Waals surface area contributed by atoms with Gasteiger partial charge in [0, 0.05) is 55.6 Å². The van der Waals surface area contributed by atoms with Gasteiger partial charge in [-0.3, -0.25) is 0 Å². The number of ether oxygens (including phenoxy) is 1. The van der Waals surface area contributed by atoms with Crippen LogP contribution in [-0.4, -0.2) is 78.1 Å². The first-order valence-electron chi connectivity index (χ1n) is 10.9. The second-order valence-electron chi connectivity index (χ2n) is 8.05. The summed E-state index contributed by atoms with van der Waals surface area (Å²) in [6.07, 6.45) is 4.27. The zero-order valence-corrected chi connectivity index (χ0v) is 19.0. The highest BCUT2D eigenvalue weighted by Crippen LogP contribution is 2.32. The average Bonchev–Trinajstić information content (AvgIpc) is 3.28. The molecule has 1 atom stereocenters. The van der Waals surface area contributed by atoms with Crippen molar-refractivity contribution >= 4 is 32.9 Å². The molecule has 3 aromatic rings. The third kappa shape index (κ3) is 3.59. The van der Waals surface area contributed by atoms with Crippen molar-refractivity contribution in [2.45, 2.75) is 26.3 Å². The number of nitrogens with one attached hydrogen (secondary N) is 1. The van der Waals surface area contributed by atoms with Crippen LogP contribution in [0.5, 0.6) is 0 Å². The Kier molecular flexibility index (Phi) is 5.48. The van der Waals surface area contributed by atoms with E-state index in [0.717, 1.165) is 23.0 Å². The lowest BCUT2D eigenvalue weighted by Gasteiger charge is -2.37. The predicted octanol–water partition coefficient (Wildman–Crippen LogP) is 2.02. The first-order valence-corrected chi connectivity index (χ1v) is 12.3. The van der Waals surface area contributed by atoms with Gasteiger partial charge in [0.2, 0.25) is 0 Å². The van der Waals surface area contributed by atoms with Gasteiger partial charge in [0.25, 0.3) is 0 Å². The molecule has 10 nitrogen and oxygen atoms in total. The molecule has 0 aromatic carbocycles. The molecular weight excluding hydrogens is 430 g/mol. The summed E-state index contributed by atoms with van der Waals surface area (Å²) in [6, 6.07) is 5.71. The fourth-order valence-corrected chi connectivity index (χ4v) is 6.01. The van der Waals surface area contributed by atoms with Crippen molar-refractivity contribution in [2.24, 2.45) is 0 Å². The van der Waals surface area contributed by atoms with Gasteiger partial charge in [0.15, 0.2) is 5.82 Å². The number of pyridine rings is 1. The Hall–Kier alpha value is -2.76. The molecule has 11 heteroatoms. The number of hydrogen-bond donors (Lipinski definition) is 1. The Morgan fingerprint density at radius 1 is 1.19 bits per heavy atom. The quantitative estimate of drug-likeness (QED) is 0.639. The summed E-state index contributed by atoms with van der Waals surface area (Å²) in [5.74, 6) is 1.57. The van der Waals surface area contributed by atoms with Crippen LogP contribution >= 0.6 is 0 Å². The molecule has 170 valence electrons. The molecule has 5 rings (SSSR count). The number of fused-ring (bicyclic) bond motifs is 1. The van der Waals surface area contributed by atoms with Gasteiger partial charge in [-0.1, -0.05) is 6.92 Å². The normalized spacial score (nSPS) is 21.9. The van der Waals surface area contributed by atoms with E-state index < -0.39 is 10.2 Å². The van der Waals surface area contributed by atoms with Crippen molar-refractivity contribution in [3.05, 3.63) is 30.6 Å². The minimum Gasteiger partial charge on any atom is -0.377 e. The first kappa shape index (κ1) is 21.1. The molecule has 0 saturated carbocycles. The molecule has 3 aromatic heterocycles. The van der Waals surface area contributed by atoms with Gasteiger partial charge < -0.3 is 14.6 Å². The van der Waals surface area contributed by atoms with Crippen molar-refractivity contribution in [3.63, 3.8) is 0 Å². The lowest BCUT2D eigenvalue weighted by atomic mass is 10.1. The summed E-state index contributed by atoms with van der Waals surface area (Å²) in [6.45, 7) is 7.15. The topological polar surface area (TPSA) is 108 Å². The van der Waals surface area contributed by atoms with Gasteiger partial charge in [-0.25, -0.2) is 19.3 Å². The van der Waals surface area contributed by atoms with Crippen molar-refractivity contribution in [2.75, 3.05) is 48.6 Å². The van der Waals surface area contributed by atoms with E-state index in [2.05, 4.69) is 21.8 Å². The van der Waals surface area contributed by atoms with Crippen molar-refractivity contribution in [3.8, 4) is 11.4 Å². The smallest absolute Gasteiger partial charge is 0.305 e. The van der Waals surface area contributed by atoms with Crippen LogP contribution in [0.2, 0.25) is 0 Å². The van der Waals surface area contributed by atoms with Gasteiger partial charge in [-0.05, 0) is 25.5 Å². The highest BCUT2D eigenvalue weighted by Gasteiger charge is 2.34. The van der Waals surface area contributed by atoms with Crippen LogP contribution in [0.1, 0.15) is 20.3 Å². The number of anilines is 2. The highest BCUT2D eigenvalue weighted by atomic mass is 32.2. The first-order chi connectivity index (χ1) is 15.5. The number of H-pyrrole nitrogens is 1. The fraction of sp³-hybridized carbons (Fsp3) is 0.476. The van der Waals surface area contributed by atoms with Gasteiger partial charge in [0.1, 0.15) is 17.3 Å². The highest BCUT2D eigenvalue weighted by molar-refractivity contribution is 7.90. The number of rotatable bonds is 4. The molecule has 0 amide bonds. The molecule has 2 aliphatic heterocycles. The van der Waals surface area contributed by atoms with Crippen molar-refractivity contribution in [1.29, 1.82) is 0 Å². The number of aromatic amines is 1.